The molecule has 1 heterocycles. The van der Waals surface area contributed by atoms with E-state index in [1.165, 1.54) is 0 Å². The van der Waals surface area contributed by atoms with E-state index in [9.17, 15) is 8.42 Å². The van der Waals surface area contributed by atoms with Crippen LogP contribution in [0.3, 0.4) is 0 Å². The Morgan fingerprint density at radius 2 is 2.06 bits per heavy atom. The molecule has 18 heavy (non-hydrogen) atoms. The molecule has 5 nitrogen and oxygen atoms in total. The Morgan fingerprint density at radius 1 is 1.33 bits per heavy atom. The van der Waals surface area contributed by atoms with Crippen LogP contribution in [0, 0.1) is 0 Å². The zero-order valence-corrected chi connectivity index (χ0v) is 11.1. The van der Waals surface area contributed by atoms with Crippen LogP contribution in [0.5, 0.6) is 11.5 Å². The highest BCUT2D eigenvalue weighted by molar-refractivity contribution is 7.91. The first-order valence-electron chi connectivity index (χ1n) is 5.87. The molecular weight excluding hydrogens is 254 g/mol. The third kappa shape index (κ3) is 2.94. The molecule has 0 saturated carbocycles. The van der Waals surface area contributed by atoms with Crippen LogP contribution >= 0.6 is 0 Å². The van der Waals surface area contributed by atoms with E-state index < -0.39 is 15.9 Å². The molecule has 0 saturated heterocycles. The molecule has 1 aromatic carbocycles. The SMILES string of the molecule is CCCS(=O)(=O)CC(N)c1ccc2c(c1)OCO2. The van der Waals surface area contributed by atoms with Crippen molar-refractivity contribution in [2.24, 2.45) is 5.73 Å². The first-order chi connectivity index (χ1) is 8.52. The molecule has 0 radical (unpaired) electrons. The van der Waals surface area contributed by atoms with Crippen LogP contribution in [0.25, 0.3) is 0 Å². The first kappa shape index (κ1) is 13.2. The van der Waals surface area contributed by atoms with E-state index in [1.54, 1.807) is 18.2 Å². The maximum absolute atomic E-state index is 11.7. The lowest BCUT2D eigenvalue weighted by atomic mass is 10.1. The molecule has 0 bridgehead atoms. The molecule has 1 aromatic rings. The molecule has 1 aliphatic heterocycles. The van der Waals surface area contributed by atoms with Crippen molar-refractivity contribution in [1.82, 2.24) is 0 Å². The standard InChI is InChI=1S/C12H17NO4S/c1-2-5-18(14,15)7-10(13)9-3-4-11-12(6-9)17-8-16-11/h3-4,6,10H,2,5,7-8,13H2,1H3. The molecule has 2 rings (SSSR count). The van der Waals surface area contributed by atoms with Crippen molar-refractivity contribution in [2.75, 3.05) is 18.3 Å². The van der Waals surface area contributed by atoms with Gasteiger partial charge in [0.25, 0.3) is 0 Å². The summed E-state index contributed by atoms with van der Waals surface area (Å²) in [5.74, 6) is 1.42. The number of rotatable bonds is 5. The van der Waals surface area contributed by atoms with E-state index in [-0.39, 0.29) is 18.3 Å². The van der Waals surface area contributed by atoms with Crippen molar-refractivity contribution in [2.45, 2.75) is 19.4 Å². The molecule has 1 unspecified atom stereocenters. The van der Waals surface area contributed by atoms with Crippen LogP contribution < -0.4 is 15.2 Å². The number of hydrogen-bond acceptors (Lipinski definition) is 5. The topological polar surface area (TPSA) is 78.6 Å². The van der Waals surface area contributed by atoms with Crippen molar-refractivity contribution < 1.29 is 17.9 Å². The molecule has 2 N–H and O–H groups in total. The Morgan fingerprint density at radius 3 is 2.78 bits per heavy atom. The maximum atomic E-state index is 11.7. The van der Waals surface area contributed by atoms with E-state index in [2.05, 4.69) is 0 Å². The Balaban J connectivity index is 2.12. The summed E-state index contributed by atoms with van der Waals surface area (Å²) in [5, 5.41) is 0. The van der Waals surface area contributed by atoms with Gasteiger partial charge in [-0.1, -0.05) is 13.0 Å². The summed E-state index contributed by atoms with van der Waals surface area (Å²) in [6.45, 7) is 2.03. The number of sulfone groups is 1. The van der Waals surface area contributed by atoms with Crippen molar-refractivity contribution in [3.05, 3.63) is 23.8 Å². The van der Waals surface area contributed by atoms with Gasteiger partial charge in [-0.25, -0.2) is 8.42 Å². The molecular formula is C12H17NO4S. The summed E-state index contributed by atoms with van der Waals surface area (Å²) in [6, 6.07) is 4.74. The zero-order chi connectivity index (χ0) is 13.2. The van der Waals surface area contributed by atoms with Gasteiger partial charge in [0.05, 0.1) is 5.75 Å². The highest BCUT2D eigenvalue weighted by atomic mass is 32.2. The van der Waals surface area contributed by atoms with Gasteiger partial charge in [-0.05, 0) is 24.1 Å². The molecule has 0 aliphatic carbocycles. The highest BCUT2D eigenvalue weighted by Crippen LogP contribution is 2.34. The summed E-state index contributed by atoms with van der Waals surface area (Å²) in [7, 11) is -3.09. The van der Waals surface area contributed by atoms with Crippen molar-refractivity contribution >= 4 is 9.84 Å². The van der Waals surface area contributed by atoms with Crippen molar-refractivity contribution in [3.8, 4) is 11.5 Å². The second-order valence-electron chi connectivity index (χ2n) is 4.33. The van der Waals surface area contributed by atoms with E-state index in [0.29, 0.717) is 17.9 Å². The van der Waals surface area contributed by atoms with Gasteiger partial charge in [0.2, 0.25) is 6.79 Å². The maximum Gasteiger partial charge on any atom is 0.231 e. The van der Waals surface area contributed by atoms with Crippen LogP contribution in [0.1, 0.15) is 24.9 Å². The largest absolute Gasteiger partial charge is 0.454 e. The smallest absolute Gasteiger partial charge is 0.231 e. The fraction of sp³-hybridized carbons (Fsp3) is 0.500. The predicted octanol–water partition coefficient (Wildman–Crippen LogP) is 1.24. The number of hydrogen-bond donors (Lipinski definition) is 1. The van der Waals surface area contributed by atoms with Crippen LogP contribution in [-0.4, -0.2) is 26.7 Å². The van der Waals surface area contributed by atoms with Gasteiger partial charge in [0.15, 0.2) is 21.3 Å². The minimum atomic E-state index is -3.09. The minimum absolute atomic E-state index is 0.0412. The first-order valence-corrected chi connectivity index (χ1v) is 7.69. The average Bonchev–Trinajstić information content (AvgIpc) is 2.74. The number of benzene rings is 1. The molecule has 0 spiro atoms. The van der Waals surface area contributed by atoms with Gasteiger partial charge in [0, 0.05) is 11.8 Å². The lowest BCUT2D eigenvalue weighted by molar-refractivity contribution is 0.174. The van der Waals surface area contributed by atoms with Gasteiger partial charge in [0.1, 0.15) is 0 Å². The second-order valence-corrected chi connectivity index (χ2v) is 6.56. The Hall–Kier alpha value is -1.27. The minimum Gasteiger partial charge on any atom is -0.454 e. The van der Waals surface area contributed by atoms with Crippen molar-refractivity contribution in [3.63, 3.8) is 0 Å². The second kappa shape index (κ2) is 5.16. The van der Waals surface area contributed by atoms with Crippen LogP contribution in [0.4, 0.5) is 0 Å². The van der Waals surface area contributed by atoms with Gasteiger partial charge >= 0.3 is 0 Å². The lowest BCUT2D eigenvalue weighted by Crippen LogP contribution is -2.23. The molecule has 100 valence electrons. The quantitative estimate of drug-likeness (QED) is 0.871. The Bertz CT molecular complexity index is 527. The molecule has 6 heteroatoms. The van der Waals surface area contributed by atoms with Crippen LogP contribution in [-0.2, 0) is 9.84 Å². The summed E-state index contributed by atoms with van der Waals surface area (Å²) < 4.78 is 33.9. The Kier molecular flexibility index (Phi) is 3.77. The van der Waals surface area contributed by atoms with Gasteiger partial charge in [-0.15, -0.1) is 0 Å². The molecule has 0 aromatic heterocycles. The summed E-state index contributed by atoms with van der Waals surface area (Å²) in [6.07, 6.45) is 0.607. The van der Waals surface area contributed by atoms with E-state index in [1.807, 2.05) is 6.92 Å². The van der Waals surface area contributed by atoms with Gasteiger partial charge in [-0.2, -0.15) is 0 Å². The highest BCUT2D eigenvalue weighted by Gasteiger charge is 2.20. The summed E-state index contributed by atoms with van der Waals surface area (Å²) in [5.41, 5.74) is 6.68. The normalized spacial score (nSPS) is 15.7. The fourth-order valence-electron chi connectivity index (χ4n) is 1.91. The van der Waals surface area contributed by atoms with E-state index in [0.717, 1.165) is 5.56 Å². The Labute approximate surface area is 107 Å². The fourth-order valence-corrected chi connectivity index (χ4v) is 3.44. The molecule has 0 fully saturated rings. The van der Waals surface area contributed by atoms with Crippen molar-refractivity contribution in [1.29, 1.82) is 0 Å². The van der Waals surface area contributed by atoms with Gasteiger partial charge in [-0.3, -0.25) is 0 Å². The zero-order valence-electron chi connectivity index (χ0n) is 10.3. The number of fused-ring (bicyclic) bond motifs is 1. The average molecular weight is 271 g/mol. The third-order valence-electron chi connectivity index (χ3n) is 2.77. The molecule has 1 aliphatic rings. The van der Waals surface area contributed by atoms with Crippen LogP contribution in [0.2, 0.25) is 0 Å². The third-order valence-corrected chi connectivity index (χ3v) is 4.67. The predicted molar refractivity (Wildman–Crippen MR) is 68.4 cm³/mol. The monoisotopic (exact) mass is 271 g/mol. The summed E-state index contributed by atoms with van der Waals surface area (Å²) >= 11 is 0. The number of ether oxygens (including phenoxy) is 2. The van der Waals surface area contributed by atoms with E-state index >= 15 is 0 Å². The van der Waals surface area contributed by atoms with Gasteiger partial charge < -0.3 is 15.2 Å². The van der Waals surface area contributed by atoms with E-state index in [4.69, 9.17) is 15.2 Å². The van der Waals surface area contributed by atoms with Crippen LogP contribution in [0.15, 0.2) is 18.2 Å². The summed E-state index contributed by atoms with van der Waals surface area (Å²) in [4.78, 5) is 0. The lowest BCUT2D eigenvalue weighted by Gasteiger charge is -2.12. The number of nitrogens with two attached hydrogens (primary N) is 1. The molecule has 1 atom stereocenters. The molecule has 0 amide bonds.